The normalized spacial score (nSPS) is 11.0. The molecule has 0 heterocycles. The Morgan fingerprint density at radius 1 is 0.846 bits per heavy atom. The van der Waals surface area contributed by atoms with Crippen LogP contribution in [0.2, 0.25) is 5.02 Å². The molecule has 0 aliphatic carbocycles. The van der Waals surface area contributed by atoms with Crippen molar-refractivity contribution in [3.8, 4) is 17.2 Å². The lowest BCUT2D eigenvalue weighted by molar-refractivity contribution is -0.119. The van der Waals surface area contributed by atoms with Gasteiger partial charge in [-0.1, -0.05) is 23.7 Å². The van der Waals surface area contributed by atoms with E-state index in [2.05, 4.69) is 24.1 Å². The standard InChI is InChI=1S/C28H34ClN3O6S/c1-6-31(7-2)22-11-8-20(9-12-22)18-30-28(33)19-32(24-16-21(29)10-14-25(24)36-3)39(34,35)23-13-15-26(37-4)27(17-23)38-5/h8-17H,6-7,18-19H2,1-5H3,(H,30,33). The number of nitrogens with one attached hydrogen (secondary N) is 1. The van der Waals surface area contributed by atoms with Gasteiger partial charge in [0.15, 0.2) is 11.5 Å². The second kappa shape index (κ2) is 13.4. The molecule has 1 N–H and O–H groups in total. The molecule has 210 valence electrons. The number of hydrogen-bond donors (Lipinski definition) is 1. The van der Waals surface area contributed by atoms with Crippen LogP contribution in [0.3, 0.4) is 0 Å². The Labute approximate surface area is 235 Å². The minimum Gasteiger partial charge on any atom is -0.495 e. The predicted octanol–water partition coefficient (Wildman–Crippen LogP) is 4.72. The maximum Gasteiger partial charge on any atom is 0.265 e. The smallest absolute Gasteiger partial charge is 0.265 e. The van der Waals surface area contributed by atoms with E-state index in [1.54, 1.807) is 12.1 Å². The van der Waals surface area contributed by atoms with Gasteiger partial charge in [0.25, 0.3) is 10.0 Å². The monoisotopic (exact) mass is 575 g/mol. The highest BCUT2D eigenvalue weighted by atomic mass is 35.5. The molecular weight excluding hydrogens is 542 g/mol. The van der Waals surface area contributed by atoms with Crippen molar-refractivity contribution in [2.45, 2.75) is 25.3 Å². The van der Waals surface area contributed by atoms with E-state index in [1.165, 1.54) is 45.6 Å². The van der Waals surface area contributed by atoms with Crippen LogP contribution < -0.4 is 28.7 Å². The summed E-state index contributed by atoms with van der Waals surface area (Å²) >= 11 is 6.22. The Bertz CT molecular complexity index is 1380. The van der Waals surface area contributed by atoms with E-state index >= 15 is 0 Å². The van der Waals surface area contributed by atoms with Crippen LogP contribution in [0.15, 0.2) is 65.6 Å². The first-order valence-electron chi connectivity index (χ1n) is 12.4. The number of sulfonamides is 1. The summed E-state index contributed by atoms with van der Waals surface area (Å²) in [6.45, 7) is 5.69. The van der Waals surface area contributed by atoms with E-state index in [4.69, 9.17) is 25.8 Å². The lowest BCUT2D eigenvalue weighted by atomic mass is 10.2. The molecule has 39 heavy (non-hydrogen) atoms. The van der Waals surface area contributed by atoms with Crippen molar-refractivity contribution in [2.24, 2.45) is 0 Å². The molecule has 0 spiro atoms. The third-order valence-electron chi connectivity index (χ3n) is 6.19. The molecule has 3 rings (SSSR count). The molecule has 0 fully saturated rings. The molecule has 11 heteroatoms. The average molecular weight is 576 g/mol. The maximum absolute atomic E-state index is 13.9. The molecule has 3 aromatic carbocycles. The van der Waals surface area contributed by atoms with Crippen LogP contribution in [-0.2, 0) is 21.4 Å². The molecule has 0 unspecified atom stereocenters. The molecule has 0 bridgehead atoms. The molecular formula is C28H34ClN3O6S. The fraction of sp³-hybridized carbons (Fsp3) is 0.321. The summed E-state index contributed by atoms with van der Waals surface area (Å²) in [4.78, 5) is 15.2. The zero-order chi connectivity index (χ0) is 28.6. The number of anilines is 2. The minimum atomic E-state index is -4.27. The number of ether oxygens (including phenoxy) is 3. The first kappa shape index (κ1) is 29.9. The highest BCUT2D eigenvalue weighted by Gasteiger charge is 2.30. The first-order valence-corrected chi connectivity index (χ1v) is 14.2. The molecule has 0 atom stereocenters. The van der Waals surface area contributed by atoms with Crippen LogP contribution in [0.5, 0.6) is 17.2 Å². The topological polar surface area (TPSA) is 97.4 Å². The molecule has 0 saturated carbocycles. The molecule has 1 amide bonds. The summed E-state index contributed by atoms with van der Waals surface area (Å²) in [5.74, 6) is 0.333. The molecule has 0 radical (unpaired) electrons. The van der Waals surface area contributed by atoms with Gasteiger partial charge < -0.3 is 24.4 Å². The summed E-state index contributed by atoms with van der Waals surface area (Å²) in [7, 11) is 0.0110. The van der Waals surface area contributed by atoms with Crippen molar-refractivity contribution in [1.82, 2.24) is 5.32 Å². The highest BCUT2D eigenvalue weighted by molar-refractivity contribution is 7.92. The van der Waals surface area contributed by atoms with Crippen LogP contribution >= 0.6 is 11.6 Å². The van der Waals surface area contributed by atoms with Crippen LogP contribution in [0.1, 0.15) is 19.4 Å². The highest BCUT2D eigenvalue weighted by Crippen LogP contribution is 2.37. The molecule has 3 aromatic rings. The van der Waals surface area contributed by atoms with Crippen molar-refractivity contribution in [1.29, 1.82) is 0 Å². The Morgan fingerprint density at radius 2 is 1.46 bits per heavy atom. The summed E-state index contributed by atoms with van der Waals surface area (Å²) in [5, 5.41) is 3.10. The predicted molar refractivity (Wildman–Crippen MR) is 154 cm³/mol. The Morgan fingerprint density at radius 3 is 2.05 bits per heavy atom. The lowest BCUT2D eigenvalue weighted by Crippen LogP contribution is -2.41. The van der Waals surface area contributed by atoms with E-state index in [0.29, 0.717) is 5.75 Å². The van der Waals surface area contributed by atoms with E-state index < -0.39 is 22.5 Å². The number of carbonyl (C=O) groups is 1. The number of amides is 1. The number of hydrogen-bond acceptors (Lipinski definition) is 7. The Kier molecular flexibility index (Phi) is 10.3. The summed E-state index contributed by atoms with van der Waals surface area (Å²) in [6.07, 6.45) is 0. The second-order valence-electron chi connectivity index (χ2n) is 8.46. The molecule has 0 saturated heterocycles. The van der Waals surface area contributed by atoms with E-state index in [-0.39, 0.29) is 33.6 Å². The summed E-state index contributed by atoms with van der Waals surface area (Å²) < 4.78 is 44.7. The van der Waals surface area contributed by atoms with Crippen molar-refractivity contribution in [3.05, 3.63) is 71.2 Å². The minimum absolute atomic E-state index is 0.0954. The molecule has 9 nitrogen and oxygen atoms in total. The number of halogens is 1. The zero-order valence-corrected chi connectivity index (χ0v) is 24.3. The van der Waals surface area contributed by atoms with Crippen LogP contribution in [-0.4, -0.2) is 55.3 Å². The van der Waals surface area contributed by atoms with Crippen molar-refractivity contribution in [3.63, 3.8) is 0 Å². The van der Waals surface area contributed by atoms with E-state index in [9.17, 15) is 13.2 Å². The van der Waals surface area contributed by atoms with Gasteiger partial charge in [0.2, 0.25) is 5.91 Å². The average Bonchev–Trinajstić information content (AvgIpc) is 2.95. The number of nitrogens with zero attached hydrogens (tertiary/aromatic N) is 2. The second-order valence-corrected chi connectivity index (χ2v) is 10.8. The van der Waals surface area contributed by atoms with Gasteiger partial charge in [0, 0.05) is 36.4 Å². The quantitative estimate of drug-likeness (QED) is 0.315. The summed E-state index contributed by atoms with van der Waals surface area (Å²) in [5.41, 5.74) is 2.10. The van der Waals surface area contributed by atoms with Crippen LogP contribution in [0, 0.1) is 0 Å². The lowest BCUT2D eigenvalue weighted by Gasteiger charge is -2.26. The summed E-state index contributed by atoms with van der Waals surface area (Å²) in [6, 6.07) is 16.6. The van der Waals surface area contributed by atoms with Crippen molar-refractivity contribution < 1.29 is 27.4 Å². The Balaban J connectivity index is 1.91. The van der Waals surface area contributed by atoms with E-state index in [1.807, 2.05) is 24.3 Å². The van der Waals surface area contributed by atoms with Gasteiger partial charge in [-0.3, -0.25) is 9.10 Å². The largest absolute Gasteiger partial charge is 0.495 e. The van der Waals surface area contributed by atoms with Gasteiger partial charge in [-0.05, 0) is 61.9 Å². The number of carbonyl (C=O) groups excluding carboxylic acids is 1. The number of rotatable bonds is 13. The number of benzene rings is 3. The van der Waals surface area contributed by atoms with Gasteiger partial charge in [0.05, 0.1) is 31.9 Å². The van der Waals surface area contributed by atoms with Gasteiger partial charge in [-0.25, -0.2) is 8.42 Å². The fourth-order valence-electron chi connectivity index (χ4n) is 4.06. The van der Waals surface area contributed by atoms with Crippen molar-refractivity contribution >= 4 is 38.9 Å². The van der Waals surface area contributed by atoms with Crippen molar-refractivity contribution in [2.75, 3.05) is 50.2 Å². The molecule has 0 aliphatic heterocycles. The first-order chi connectivity index (χ1) is 18.7. The van der Waals surface area contributed by atoms with Crippen LogP contribution in [0.25, 0.3) is 0 Å². The Hall–Kier alpha value is -3.63. The molecule has 0 aliphatic rings. The van der Waals surface area contributed by atoms with Crippen LogP contribution in [0.4, 0.5) is 11.4 Å². The zero-order valence-electron chi connectivity index (χ0n) is 22.7. The maximum atomic E-state index is 13.9. The van der Waals surface area contributed by atoms with Gasteiger partial charge in [0.1, 0.15) is 12.3 Å². The third kappa shape index (κ3) is 7.07. The number of methoxy groups -OCH3 is 3. The van der Waals surface area contributed by atoms with E-state index in [0.717, 1.165) is 28.6 Å². The third-order valence-corrected chi connectivity index (χ3v) is 8.19. The van der Waals surface area contributed by atoms with Gasteiger partial charge >= 0.3 is 0 Å². The van der Waals surface area contributed by atoms with Gasteiger partial charge in [-0.15, -0.1) is 0 Å². The fourth-order valence-corrected chi connectivity index (χ4v) is 5.67. The molecule has 0 aromatic heterocycles. The van der Waals surface area contributed by atoms with Gasteiger partial charge in [-0.2, -0.15) is 0 Å². The SMILES string of the molecule is CCN(CC)c1ccc(CNC(=O)CN(c2cc(Cl)ccc2OC)S(=O)(=O)c2ccc(OC)c(OC)c2)cc1.